The van der Waals surface area contributed by atoms with E-state index >= 15 is 0 Å². The molecule has 35 heavy (non-hydrogen) atoms. The first kappa shape index (κ1) is 25.6. The highest BCUT2D eigenvalue weighted by atomic mass is 35.5. The van der Waals surface area contributed by atoms with Gasteiger partial charge >= 0.3 is 6.36 Å². The number of carbonyl (C=O) groups excluding carboxylic acids is 2. The summed E-state index contributed by atoms with van der Waals surface area (Å²) in [5, 5.41) is 2.32. The molecule has 3 rings (SSSR count). The average molecular weight is 514 g/mol. The number of hydrogen-bond donors (Lipinski definition) is 2. The lowest BCUT2D eigenvalue weighted by atomic mass is 10.1. The predicted octanol–water partition coefficient (Wildman–Crippen LogP) is 5.23. The Kier molecular flexibility index (Phi) is 7.34. The van der Waals surface area contributed by atoms with Gasteiger partial charge in [-0.25, -0.2) is 4.39 Å². The molecule has 1 aromatic heterocycles. The van der Waals surface area contributed by atoms with E-state index in [9.17, 15) is 27.2 Å². The number of nitrogens with two attached hydrogens (primary N) is 1. The van der Waals surface area contributed by atoms with Crippen molar-refractivity contribution < 1.29 is 41.4 Å². The summed E-state index contributed by atoms with van der Waals surface area (Å²) in [7, 11) is 1.16. The normalized spacial score (nSPS) is 11.1. The van der Waals surface area contributed by atoms with Crippen LogP contribution in [0.3, 0.4) is 0 Å². The van der Waals surface area contributed by atoms with Crippen molar-refractivity contribution in [2.75, 3.05) is 12.4 Å². The minimum atomic E-state index is -4.94. The van der Waals surface area contributed by atoms with Crippen molar-refractivity contribution in [3.63, 3.8) is 0 Å². The number of anilines is 1. The van der Waals surface area contributed by atoms with Gasteiger partial charge in [-0.2, -0.15) is 0 Å². The molecule has 2 amide bonds. The van der Waals surface area contributed by atoms with Crippen LogP contribution in [-0.4, -0.2) is 30.3 Å². The van der Waals surface area contributed by atoms with Gasteiger partial charge in [0, 0.05) is 29.0 Å². The van der Waals surface area contributed by atoms with Gasteiger partial charge in [-0.3, -0.25) is 14.6 Å². The van der Waals surface area contributed by atoms with Crippen molar-refractivity contribution in [1.29, 1.82) is 0 Å². The highest BCUT2D eigenvalue weighted by Crippen LogP contribution is 2.39. The lowest BCUT2D eigenvalue weighted by Crippen LogP contribution is -2.18. The van der Waals surface area contributed by atoms with E-state index < -0.39 is 35.3 Å². The number of aryl methyl sites for hydroxylation is 1. The van der Waals surface area contributed by atoms with Crippen LogP contribution in [0.4, 0.5) is 23.2 Å². The van der Waals surface area contributed by atoms with Crippen molar-refractivity contribution in [3.05, 3.63) is 70.3 Å². The molecule has 0 aliphatic rings. The predicted molar refractivity (Wildman–Crippen MR) is 117 cm³/mol. The average Bonchev–Trinajstić information content (AvgIpc) is 2.74. The highest BCUT2D eigenvalue weighted by Gasteiger charge is 2.31. The van der Waals surface area contributed by atoms with Gasteiger partial charge in [-0.05, 0) is 36.8 Å². The van der Waals surface area contributed by atoms with Crippen LogP contribution in [0.5, 0.6) is 23.0 Å². The van der Waals surface area contributed by atoms with Crippen LogP contribution < -0.4 is 25.3 Å². The number of hydrogen-bond acceptors (Lipinski definition) is 6. The van der Waals surface area contributed by atoms with Crippen molar-refractivity contribution in [1.82, 2.24) is 4.98 Å². The number of alkyl halides is 3. The molecule has 0 spiro atoms. The number of nitrogens with one attached hydrogen (secondary N) is 1. The van der Waals surface area contributed by atoms with Gasteiger partial charge in [0.25, 0.3) is 11.8 Å². The summed E-state index contributed by atoms with van der Waals surface area (Å²) in [6.45, 7) is 1.58. The quantitative estimate of drug-likeness (QED) is 0.418. The fourth-order valence-electron chi connectivity index (χ4n) is 2.88. The lowest BCUT2D eigenvalue weighted by molar-refractivity contribution is -0.274. The Morgan fingerprint density at radius 3 is 2.43 bits per heavy atom. The number of aromatic nitrogens is 1. The van der Waals surface area contributed by atoms with Crippen molar-refractivity contribution in [3.8, 4) is 23.0 Å². The second-order valence-corrected chi connectivity index (χ2v) is 7.36. The number of methoxy groups -OCH3 is 1. The summed E-state index contributed by atoms with van der Waals surface area (Å²) in [4.78, 5) is 28.2. The fraction of sp³-hybridized carbons (Fsp3) is 0.136. The van der Waals surface area contributed by atoms with E-state index in [4.69, 9.17) is 26.8 Å². The summed E-state index contributed by atoms with van der Waals surface area (Å²) < 4.78 is 66.8. The molecule has 3 aromatic rings. The zero-order valence-corrected chi connectivity index (χ0v) is 18.8. The number of nitrogens with zero attached hydrogens (tertiary/aromatic N) is 1. The molecule has 3 N–H and O–H groups in total. The zero-order valence-electron chi connectivity index (χ0n) is 18.0. The third-order valence-corrected chi connectivity index (χ3v) is 4.66. The van der Waals surface area contributed by atoms with Crippen LogP contribution in [0.2, 0.25) is 5.02 Å². The van der Waals surface area contributed by atoms with Crippen molar-refractivity contribution in [2.24, 2.45) is 5.73 Å². The smallest absolute Gasteiger partial charge is 0.493 e. The van der Waals surface area contributed by atoms with E-state index in [1.807, 2.05) is 0 Å². The van der Waals surface area contributed by atoms with E-state index in [0.29, 0.717) is 5.56 Å². The van der Waals surface area contributed by atoms with Gasteiger partial charge in [-0.1, -0.05) is 11.6 Å². The second kappa shape index (κ2) is 10.1. The van der Waals surface area contributed by atoms with Gasteiger partial charge in [0.15, 0.2) is 11.5 Å². The third-order valence-electron chi connectivity index (χ3n) is 4.44. The first-order chi connectivity index (χ1) is 16.4. The molecule has 13 heteroatoms. The van der Waals surface area contributed by atoms with Crippen molar-refractivity contribution >= 4 is 29.1 Å². The number of ether oxygens (including phenoxy) is 3. The summed E-state index contributed by atoms with van der Waals surface area (Å²) in [6.07, 6.45) is -3.64. The van der Waals surface area contributed by atoms with E-state index in [1.165, 1.54) is 12.3 Å². The number of primary amides is 1. The molecule has 8 nitrogen and oxygen atoms in total. The van der Waals surface area contributed by atoms with Crippen LogP contribution in [0.1, 0.15) is 26.4 Å². The SMILES string of the molecule is COc1cc(OC(F)(F)F)ccc1Oc1cc(Cl)cc(F)c1C(=O)Nc1cc(C(N)=O)ncc1C. The third kappa shape index (κ3) is 6.29. The molecule has 0 bridgehead atoms. The molecule has 1 heterocycles. The van der Waals surface area contributed by atoms with Gasteiger partial charge in [0.2, 0.25) is 0 Å². The summed E-state index contributed by atoms with van der Waals surface area (Å²) in [5.41, 5.74) is 5.07. The molecule has 0 unspecified atom stereocenters. The molecule has 0 fully saturated rings. The van der Waals surface area contributed by atoms with Gasteiger partial charge in [0.05, 0.1) is 7.11 Å². The monoisotopic (exact) mass is 513 g/mol. The topological polar surface area (TPSA) is 113 Å². The first-order valence-electron chi connectivity index (χ1n) is 9.56. The Morgan fingerprint density at radius 2 is 1.80 bits per heavy atom. The lowest BCUT2D eigenvalue weighted by Gasteiger charge is -2.16. The number of amides is 2. The Balaban J connectivity index is 1.98. The zero-order chi connectivity index (χ0) is 25.9. The standard InChI is InChI=1S/C22H16ClF4N3O5/c1-10-9-29-15(20(28)31)8-14(10)30-21(32)19-13(24)5-11(23)6-18(19)34-16-4-3-12(7-17(16)33-2)35-22(25,26)27/h3-9H,1-2H3,(H2,28,31)(H,29,30,32). The molecule has 0 atom stereocenters. The number of carbonyl (C=O) groups is 2. The van der Waals surface area contributed by atoms with Crippen LogP contribution in [0, 0.1) is 12.7 Å². The number of pyridine rings is 1. The molecule has 0 aliphatic heterocycles. The Bertz CT molecular complexity index is 1300. The largest absolute Gasteiger partial charge is 0.573 e. The fourth-order valence-corrected chi connectivity index (χ4v) is 3.07. The van der Waals surface area contributed by atoms with E-state index in [-0.39, 0.29) is 33.7 Å². The molecule has 2 aromatic carbocycles. The minimum Gasteiger partial charge on any atom is -0.493 e. The van der Waals surface area contributed by atoms with Crippen LogP contribution >= 0.6 is 11.6 Å². The molecular weight excluding hydrogens is 498 g/mol. The summed E-state index contributed by atoms with van der Waals surface area (Å²) >= 11 is 5.92. The highest BCUT2D eigenvalue weighted by molar-refractivity contribution is 6.31. The maximum absolute atomic E-state index is 14.8. The van der Waals surface area contributed by atoms with E-state index in [1.54, 1.807) is 6.92 Å². The molecule has 184 valence electrons. The summed E-state index contributed by atoms with van der Waals surface area (Å²) in [6, 6.07) is 6.13. The molecular formula is C22H16ClF4N3O5. The van der Waals surface area contributed by atoms with E-state index in [2.05, 4.69) is 15.0 Å². The second-order valence-electron chi connectivity index (χ2n) is 6.93. The number of benzene rings is 2. The molecule has 0 saturated carbocycles. The Hall–Kier alpha value is -4.06. The van der Waals surface area contributed by atoms with Gasteiger partial charge in [-0.15, -0.1) is 13.2 Å². The van der Waals surface area contributed by atoms with Crippen LogP contribution in [-0.2, 0) is 0 Å². The Labute approximate surface area is 200 Å². The van der Waals surface area contributed by atoms with Crippen LogP contribution in [0.25, 0.3) is 0 Å². The number of rotatable bonds is 7. The van der Waals surface area contributed by atoms with E-state index in [0.717, 1.165) is 37.4 Å². The molecule has 0 saturated heterocycles. The molecule has 0 radical (unpaired) electrons. The molecule has 0 aliphatic carbocycles. The first-order valence-corrected chi connectivity index (χ1v) is 9.94. The Morgan fingerprint density at radius 1 is 1.09 bits per heavy atom. The maximum atomic E-state index is 14.8. The summed E-state index contributed by atoms with van der Waals surface area (Å²) in [5.74, 6) is -4.18. The minimum absolute atomic E-state index is 0.124. The maximum Gasteiger partial charge on any atom is 0.573 e. The van der Waals surface area contributed by atoms with Crippen LogP contribution in [0.15, 0.2) is 42.6 Å². The van der Waals surface area contributed by atoms with Crippen molar-refractivity contribution in [2.45, 2.75) is 13.3 Å². The van der Waals surface area contributed by atoms with Gasteiger partial charge in [0.1, 0.15) is 28.6 Å². The number of halogens is 5. The van der Waals surface area contributed by atoms with Gasteiger partial charge < -0.3 is 25.3 Å².